The summed E-state index contributed by atoms with van der Waals surface area (Å²) in [5, 5.41) is 0. The smallest absolute Gasteiger partial charge is 0.257 e. The first-order valence-corrected chi connectivity index (χ1v) is 4.78. The van der Waals surface area contributed by atoms with Crippen molar-refractivity contribution in [1.82, 2.24) is 4.90 Å². The Balaban J connectivity index is 3.03. The maximum absolute atomic E-state index is 13.3. The summed E-state index contributed by atoms with van der Waals surface area (Å²) in [6.07, 6.45) is 5.08. The number of rotatable bonds is 3. The molecule has 0 saturated carbocycles. The number of halogens is 2. The molecule has 1 rings (SSSR count). The molecule has 0 spiro atoms. The molecular weight excluding hydrogens is 212 g/mol. The molecule has 0 fully saturated rings. The quantitative estimate of drug-likeness (QED) is 0.718. The Morgan fingerprint density at radius 2 is 2.19 bits per heavy atom. The average Bonchev–Trinajstić information content (AvgIpc) is 2.28. The van der Waals surface area contributed by atoms with Crippen molar-refractivity contribution >= 4 is 5.91 Å². The summed E-state index contributed by atoms with van der Waals surface area (Å²) in [5.41, 5.74) is -0.294. The van der Waals surface area contributed by atoms with Crippen molar-refractivity contribution in [3.8, 4) is 12.3 Å². The van der Waals surface area contributed by atoms with Gasteiger partial charge in [-0.05, 0) is 25.1 Å². The molecule has 0 N–H and O–H groups in total. The van der Waals surface area contributed by atoms with Crippen molar-refractivity contribution < 1.29 is 13.6 Å². The van der Waals surface area contributed by atoms with Crippen molar-refractivity contribution in [3.05, 3.63) is 35.4 Å². The fourth-order valence-electron chi connectivity index (χ4n) is 1.27. The molecule has 1 aromatic rings. The zero-order valence-corrected chi connectivity index (χ0v) is 8.84. The Labute approximate surface area is 92.9 Å². The van der Waals surface area contributed by atoms with Gasteiger partial charge in [0.15, 0.2) is 0 Å². The molecule has 1 amide bonds. The van der Waals surface area contributed by atoms with E-state index >= 15 is 0 Å². The first-order chi connectivity index (χ1) is 7.60. The summed E-state index contributed by atoms with van der Waals surface area (Å²) in [6.45, 7) is 2.14. The summed E-state index contributed by atoms with van der Waals surface area (Å²) in [7, 11) is 0. The van der Waals surface area contributed by atoms with Crippen LogP contribution in [0.25, 0.3) is 0 Å². The van der Waals surface area contributed by atoms with Crippen LogP contribution >= 0.6 is 0 Å². The fourth-order valence-corrected chi connectivity index (χ4v) is 1.27. The topological polar surface area (TPSA) is 20.3 Å². The third kappa shape index (κ3) is 2.57. The van der Waals surface area contributed by atoms with Gasteiger partial charge < -0.3 is 4.90 Å². The minimum Gasteiger partial charge on any atom is -0.328 e. The van der Waals surface area contributed by atoms with Crippen LogP contribution in [0, 0.1) is 24.0 Å². The largest absolute Gasteiger partial charge is 0.328 e. The number of nitrogens with zero attached hydrogens (tertiary/aromatic N) is 1. The highest BCUT2D eigenvalue weighted by atomic mass is 19.1. The Bertz CT molecular complexity index is 437. The standard InChI is InChI=1S/C12H11F2NO/c1-3-7-15(4-2)12(16)10-8-9(13)5-6-11(10)14/h1,5-6,8H,4,7H2,2H3. The number of amides is 1. The summed E-state index contributed by atoms with van der Waals surface area (Å²) >= 11 is 0. The summed E-state index contributed by atoms with van der Waals surface area (Å²) in [5.74, 6) is 0.293. The van der Waals surface area contributed by atoms with E-state index in [0.717, 1.165) is 18.2 Å². The van der Waals surface area contributed by atoms with E-state index in [-0.39, 0.29) is 12.1 Å². The molecule has 1 aromatic carbocycles. The number of hydrogen-bond acceptors (Lipinski definition) is 1. The van der Waals surface area contributed by atoms with Crippen LogP contribution in [0.3, 0.4) is 0 Å². The fraction of sp³-hybridized carbons (Fsp3) is 0.250. The van der Waals surface area contributed by atoms with Gasteiger partial charge in [-0.3, -0.25) is 4.79 Å². The van der Waals surface area contributed by atoms with E-state index < -0.39 is 17.5 Å². The van der Waals surface area contributed by atoms with Crippen LogP contribution in [0.1, 0.15) is 17.3 Å². The molecule has 0 unspecified atom stereocenters. The van der Waals surface area contributed by atoms with Crippen LogP contribution < -0.4 is 0 Å². The van der Waals surface area contributed by atoms with Crippen LogP contribution in [-0.4, -0.2) is 23.9 Å². The van der Waals surface area contributed by atoms with Crippen LogP contribution in [0.15, 0.2) is 18.2 Å². The van der Waals surface area contributed by atoms with Crippen LogP contribution in [-0.2, 0) is 0 Å². The van der Waals surface area contributed by atoms with Crippen molar-refractivity contribution in [2.75, 3.05) is 13.1 Å². The molecule has 0 heterocycles. The molecule has 0 aromatic heterocycles. The molecule has 0 bridgehead atoms. The van der Waals surface area contributed by atoms with Gasteiger partial charge in [-0.15, -0.1) is 6.42 Å². The van der Waals surface area contributed by atoms with E-state index in [1.807, 2.05) is 0 Å². The monoisotopic (exact) mass is 223 g/mol. The number of carbonyl (C=O) groups excluding carboxylic acids is 1. The molecule has 0 aliphatic carbocycles. The lowest BCUT2D eigenvalue weighted by atomic mass is 10.2. The van der Waals surface area contributed by atoms with Crippen molar-refractivity contribution in [1.29, 1.82) is 0 Å². The molecule has 0 saturated heterocycles. The van der Waals surface area contributed by atoms with E-state index in [9.17, 15) is 13.6 Å². The highest BCUT2D eigenvalue weighted by molar-refractivity contribution is 5.94. The lowest BCUT2D eigenvalue weighted by molar-refractivity contribution is 0.0779. The van der Waals surface area contributed by atoms with Gasteiger partial charge in [0.1, 0.15) is 11.6 Å². The van der Waals surface area contributed by atoms with Crippen LogP contribution in [0.5, 0.6) is 0 Å². The molecule has 84 valence electrons. The van der Waals surface area contributed by atoms with E-state index in [4.69, 9.17) is 6.42 Å². The minimum absolute atomic E-state index is 0.0747. The molecule has 16 heavy (non-hydrogen) atoms. The average molecular weight is 223 g/mol. The van der Waals surface area contributed by atoms with Crippen molar-refractivity contribution in [2.45, 2.75) is 6.92 Å². The van der Waals surface area contributed by atoms with E-state index in [1.165, 1.54) is 4.90 Å². The predicted octanol–water partition coefficient (Wildman–Crippen LogP) is 2.06. The Hall–Kier alpha value is -1.89. The van der Waals surface area contributed by atoms with Gasteiger partial charge >= 0.3 is 0 Å². The number of benzene rings is 1. The molecule has 0 atom stereocenters. The van der Waals surface area contributed by atoms with Crippen molar-refractivity contribution in [3.63, 3.8) is 0 Å². The first kappa shape index (κ1) is 12.2. The Kier molecular flexibility index (Phi) is 4.01. The normalized spacial score (nSPS) is 9.62. The highest BCUT2D eigenvalue weighted by Crippen LogP contribution is 2.12. The molecule has 0 aliphatic heterocycles. The zero-order chi connectivity index (χ0) is 12.1. The van der Waals surface area contributed by atoms with E-state index in [0.29, 0.717) is 6.54 Å². The third-order valence-corrected chi connectivity index (χ3v) is 2.11. The van der Waals surface area contributed by atoms with E-state index in [2.05, 4.69) is 5.92 Å². The summed E-state index contributed by atoms with van der Waals surface area (Å²) in [6, 6.07) is 2.76. The molecule has 0 aliphatic rings. The summed E-state index contributed by atoms with van der Waals surface area (Å²) in [4.78, 5) is 13.0. The summed E-state index contributed by atoms with van der Waals surface area (Å²) < 4.78 is 26.2. The van der Waals surface area contributed by atoms with Crippen LogP contribution in [0.2, 0.25) is 0 Å². The highest BCUT2D eigenvalue weighted by Gasteiger charge is 2.17. The second-order valence-electron chi connectivity index (χ2n) is 3.15. The van der Waals surface area contributed by atoms with Gasteiger partial charge in [0, 0.05) is 6.54 Å². The van der Waals surface area contributed by atoms with Gasteiger partial charge in [-0.1, -0.05) is 5.92 Å². The molecular formula is C12H11F2NO. The number of carbonyl (C=O) groups is 1. The van der Waals surface area contributed by atoms with Gasteiger partial charge in [0.2, 0.25) is 0 Å². The lowest BCUT2D eigenvalue weighted by Gasteiger charge is -2.18. The van der Waals surface area contributed by atoms with E-state index in [1.54, 1.807) is 6.92 Å². The first-order valence-electron chi connectivity index (χ1n) is 4.78. The van der Waals surface area contributed by atoms with Gasteiger partial charge in [0.05, 0.1) is 12.1 Å². The Morgan fingerprint density at radius 3 is 2.75 bits per heavy atom. The zero-order valence-electron chi connectivity index (χ0n) is 8.84. The molecule has 2 nitrogen and oxygen atoms in total. The second-order valence-corrected chi connectivity index (χ2v) is 3.15. The van der Waals surface area contributed by atoms with Crippen LogP contribution in [0.4, 0.5) is 8.78 Å². The molecule has 0 radical (unpaired) electrons. The minimum atomic E-state index is -0.748. The third-order valence-electron chi connectivity index (χ3n) is 2.11. The second kappa shape index (κ2) is 5.26. The van der Waals surface area contributed by atoms with Gasteiger partial charge in [0.25, 0.3) is 5.91 Å². The van der Waals surface area contributed by atoms with Gasteiger partial charge in [-0.25, -0.2) is 8.78 Å². The predicted molar refractivity (Wildman–Crippen MR) is 56.8 cm³/mol. The number of terminal acetylenes is 1. The Morgan fingerprint density at radius 1 is 1.50 bits per heavy atom. The maximum Gasteiger partial charge on any atom is 0.257 e. The SMILES string of the molecule is C#CCN(CC)C(=O)c1cc(F)ccc1F. The molecule has 4 heteroatoms. The van der Waals surface area contributed by atoms with Crippen molar-refractivity contribution in [2.24, 2.45) is 0 Å². The maximum atomic E-state index is 13.3. The lowest BCUT2D eigenvalue weighted by Crippen LogP contribution is -2.31. The number of hydrogen-bond donors (Lipinski definition) is 0. The van der Waals surface area contributed by atoms with Gasteiger partial charge in [-0.2, -0.15) is 0 Å².